The second-order valence-electron chi connectivity index (χ2n) is 5.13. The van der Waals surface area contributed by atoms with Crippen LogP contribution in [0, 0.1) is 11.3 Å². The molecule has 1 aromatic carbocycles. The maximum Gasteiger partial charge on any atom is 0.161 e. The van der Waals surface area contributed by atoms with Gasteiger partial charge in [-0.3, -0.25) is 0 Å². The first kappa shape index (κ1) is 15.8. The smallest absolute Gasteiger partial charge is 0.161 e. The Balaban J connectivity index is 2.62. The Morgan fingerprint density at radius 2 is 1.89 bits per heavy atom. The third-order valence-electron chi connectivity index (χ3n) is 3.87. The van der Waals surface area contributed by atoms with Crippen molar-refractivity contribution in [1.29, 1.82) is 0 Å². The molecule has 1 unspecified atom stereocenters. The first-order valence-corrected chi connectivity index (χ1v) is 6.66. The second kappa shape index (κ2) is 7.36. The minimum absolute atomic E-state index is 0.0798. The van der Waals surface area contributed by atoms with Crippen molar-refractivity contribution in [3.05, 3.63) is 24.3 Å². The average molecular weight is 267 g/mol. The van der Waals surface area contributed by atoms with Gasteiger partial charge >= 0.3 is 0 Å². The van der Waals surface area contributed by atoms with E-state index in [1.54, 1.807) is 7.11 Å². The molecule has 19 heavy (non-hydrogen) atoms. The van der Waals surface area contributed by atoms with Gasteiger partial charge in [-0.05, 0) is 24.5 Å². The van der Waals surface area contributed by atoms with E-state index in [-0.39, 0.29) is 12.0 Å². The highest BCUT2D eigenvalue weighted by atomic mass is 16.5. The molecule has 4 heteroatoms. The molecule has 0 bridgehead atoms. The van der Waals surface area contributed by atoms with E-state index in [4.69, 9.17) is 15.2 Å². The fourth-order valence-electron chi connectivity index (χ4n) is 2.05. The molecule has 1 aromatic rings. The highest BCUT2D eigenvalue weighted by Crippen LogP contribution is 2.31. The van der Waals surface area contributed by atoms with Crippen molar-refractivity contribution in [2.75, 3.05) is 26.9 Å². The molecule has 0 aliphatic rings. The Morgan fingerprint density at radius 1 is 1.26 bits per heavy atom. The summed E-state index contributed by atoms with van der Waals surface area (Å²) in [7, 11) is 1.62. The molecule has 0 heterocycles. The van der Waals surface area contributed by atoms with Gasteiger partial charge in [0, 0.05) is 12.0 Å². The van der Waals surface area contributed by atoms with Crippen molar-refractivity contribution in [2.24, 2.45) is 17.1 Å². The molecule has 0 spiro atoms. The quantitative estimate of drug-likeness (QED) is 0.756. The van der Waals surface area contributed by atoms with E-state index in [0.29, 0.717) is 19.1 Å². The maximum absolute atomic E-state index is 9.58. The van der Waals surface area contributed by atoms with E-state index in [2.05, 4.69) is 13.8 Å². The van der Waals surface area contributed by atoms with Crippen LogP contribution in [0.2, 0.25) is 0 Å². The minimum atomic E-state index is -0.276. The van der Waals surface area contributed by atoms with Gasteiger partial charge in [0.2, 0.25) is 0 Å². The van der Waals surface area contributed by atoms with Crippen LogP contribution in [0.3, 0.4) is 0 Å². The zero-order valence-electron chi connectivity index (χ0n) is 12.1. The van der Waals surface area contributed by atoms with Gasteiger partial charge in [-0.2, -0.15) is 0 Å². The number of hydrogen-bond acceptors (Lipinski definition) is 4. The molecule has 0 aliphatic carbocycles. The van der Waals surface area contributed by atoms with Crippen LogP contribution in [-0.2, 0) is 0 Å². The van der Waals surface area contributed by atoms with Crippen LogP contribution in [0.25, 0.3) is 0 Å². The molecule has 0 aliphatic heterocycles. The molecule has 3 N–H and O–H groups in total. The fraction of sp³-hybridized carbons (Fsp3) is 0.600. The van der Waals surface area contributed by atoms with Gasteiger partial charge in [0.05, 0.1) is 20.3 Å². The Morgan fingerprint density at radius 3 is 2.37 bits per heavy atom. The zero-order valence-corrected chi connectivity index (χ0v) is 12.1. The van der Waals surface area contributed by atoms with Crippen LogP contribution in [0.5, 0.6) is 11.5 Å². The molecule has 0 radical (unpaired) electrons. The van der Waals surface area contributed by atoms with Crippen molar-refractivity contribution in [3.63, 3.8) is 0 Å². The lowest BCUT2D eigenvalue weighted by atomic mass is 9.75. The maximum atomic E-state index is 9.58. The lowest BCUT2D eigenvalue weighted by Gasteiger charge is -2.34. The van der Waals surface area contributed by atoms with Gasteiger partial charge in [0.1, 0.15) is 0 Å². The van der Waals surface area contributed by atoms with Gasteiger partial charge in [-0.1, -0.05) is 26.0 Å². The number of benzene rings is 1. The number of hydrogen-bond donors (Lipinski definition) is 2. The summed E-state index contributed by atoms with van der Waals surface area (Å²) in [5, 5.41) is 9.58. The predicted molar refractivity (Wildman–Crippen MR) is 76.5 cm³/mol. The zero-order chi connectivity index (χ0) is 14.3. The second-order valence-corrected chi connectivity index (χ2v) is 5.13. The summed E-state index contributed by atoms with van der Waals surface area (Å²) in [6.07, 6.45) is 0.718. The largest absolute Gasteiger partial charge is 0.493 e. The van der Waals surface area contributed by atoms with Gasteiger partial charge in [0.15, 0.2) is 11.5 Å². The van der Waals surface area contributed by atoms with E-state index >= 15 is 0 Å². The number of methoxy groups -OCH3 is 1. The van der Waals surface area contributed by atoms with E-state index in [1.807, 2.05) is 24.3 Å². The summed E-state index contributed by atoms with van der Waals surface area (Å²) in [5.74, 6) is 1.75. The molecule has 108 valence electrons. The number of ether oxygens (including phenoxy) is 2. The Bertz CT molecular complexity index is 375. The molecule has 1 rings (SSSR count). The summed E-state index contributed by atoms with van der Waals surface area (Å²) < 4.78 is 11.0. The Kier molecular flexibility index (Phi) is 6.12. The van der Waals surface area contributed by atoms with Crippen molar-refractivity contribution >= 4 is 0 Å². The molecule has 1 atom stereocenters. The third kappa shape index (κ3) is 3.85. The summed E-state index contributed by atoms with van der Waals surface area (Å²) in [5.41, 5.74) is 5.54. The summed E-state index contributed by atoms with van der Waals surface area (Å²) >= 11 is 0. The molecule has 0 saturated heterocycles. The minimum Gasteiger partial charge on any atom is -0.493 e. The van der Waals surface area contributed by atoms with Gasteiger partial charge in [-0.15, -0.1) is 0 Å². The molecular formula is C15H25NO3. The van der Waals surface area contributed by atoms with Gasteiger partial charge in [0.25, 0.3) is 0 Å². The SMILES string of the molecule is COc1ccccc1OCCC(CN)(CO)C(C)C. The third-order valence-corrected chi connectivity index (χ3v) is 3.87. The summed E-state index contributed by atoms with van der Waals surface area (Å²) in [4.78, 5) is 0. The van der Waals surface area contributed by atoms with Crippen LogP contribution < -0.4 is 15.2 Å². The highest BCUT2D eigenvalue weighted by Gasteiger charge is 2.31. The standard InChI is InChI=1S/C15H25NO3/c1-12(2)15(10-16,11-17)8-9-19-14-7-5-4-6-13(14)18-3/h4-7,12,17H,8-11,16H2,1-3H3. The fourth-order valence-corrected chi connectivity index (χ4v) is 2.05. The molecule has 0 amide bonds. The molecule has 0 saturated carbocycles. The van der Waals surface area contributed by atoms with E-state index in [0.717, 1.165) is 17.9 Å². The number of nitrogens with two attached hydrogens (primary N) is 1. The van der Waals surface area contributed by atoms with Crippen molar-refractivity contribution < 1.29 is 14.6 Å². The molecule has 0 fully saturated rings. The van der Waals surface area contributed by atoms with Crippen molar-refractivity contribution in [2.45, 2.75) is 20.3 Å². The monoisotopic (exact) mass is 267 g/mol. The van der Waals surface area contributed by atoms with Crippen LogP contribution >= 0.6 is 0 Å². The van der Waals surface area contributed by atoms with Crippen LogP contribution in [0.1, 0.15) is 20.3 Å². The molecular weight excluding hydrogens is 242 g/mol. The van der Waals surface area contributed by atoms with Crippen LogP contribution in [0.4, 0.5) is 0 Å². The molecule has 4 nitrogen and oxygen atoms in total. The lowest BCUT2D eigenvalue weighted by molar-refractivity contribution is 0.0592. The van der Waals surface area contributed by atoms with Crippen LogP contribution in [0.15, 0.2) is 24.3 Å². The summed E-state index contributed by atoms with van der Waals surface area (Å²) in [6, 6.07) is 7.54. The van der Waals surface area contributed by atoms with Crippen molar-refractivity contribution in [3.8, 4) is 11.5 Å². The number of para-hydroxylation sites is 2. The van der Waals surface area contributed by atoms with E-state index < -0.39 is 0 Å². The number of rotatable bonds is 8. The molecule has 0 aromatic heterocycles. The first-order chi connectivity index (χ1) is 9.09. The Labute approximate surface area is 115 Å². The van der Waals surface area contributed by atoms with Crippen molar-refractivity contribution in [1.82, 2.24) is 0 Å². The topological polar surface area (TPSA) is 64.7 Å². The predicted octanol–water partition coefficient (Wildman–Crippen LogP) is 2.06. The van der Waals surface area contributed by atoms with Crippen LogP contribution in [-0.4, -0.2) is 32.0 Å². The van der Waals surface area contributed by atoms with E-state index in [9.17, 15) is 5.11 Å². The van der Waals surface area contributed by atoms with E-state index in [1.165, 1.54) is 0 Å². The average Bonchev–Trinajstić information content (AvgIpc) is 2.44. The normalized spacial score (nSPS) is 14.2. The lowest BCUT2D eigenvalue weighted by Crippen LogP contribution is -2.40. The van der Waals surface area contributed by atoms with Gasteiger partial charge < -0.3 is 20.3 Å². The van der Waals surface area contributed by atoms with Gasteiger partial charge in [-0.25, -0.2) is 0 Å². The first-order valence-electron chi connectivity index (χ1n) is 6.66. The highest BCUT2D eigenvalue weighted by molar-refractivity contribution is 5.39. The summed E-state index contributed by atoms with van der Waals surface area (Å²) in [6.45, 7) is 5.20. The Hall–Kier alpha value is -1.26. The number of aliphatic hydroxyl groups excluding tert-OH is 1. The number of aliphatic hydroxyl groups is 1.